The summed E-state index contributed by atoms with van der Waals surface area (Å²) in [6.07, 6.45) is 1.59. The predicted octanol–water partition coefficient (Wildman–Crippen LogP) is -0.126. The number of para-hydroxylation sites is 2. The van der Waals surface area contributed by atoms with Gasteiger partial charge < -0.3 is 15.1 Å². The Hall–Kier alpha value is -2.98. The minimum absolute atomic E-state index is 0.311. The van der Waals surface area contributed by atoms with E-state index in [4.69, 9.17) is 4.98 Å². The van der Waals surface area contributed by atoms with E-state index in [1.165, 1.54) is 4.90 Å². The van der Waals surface area contributed by atoms with Gasteiger partial charge in [0.05, 0.1) is 50.3 Å². The van der Waals surface area contributed by atoms with Crippen LogP contribution in [0.15, 0.2) is 36.9 Å². The Kier molecular flexibility index (Phi) is 5.44. The van der Waals surface area contributed by atoms with E-state index in [0.29, 0.717) is 23.6 Å². The first-order valence-electron chi connectivity index (χ1n) is 8.75. The topological polar surface area (TPSA) is 86.3 Å². The summed E-state index contributed by atoms with van der Waals surface area (Å²) in [5, 5.41) is 12.4. The third-order valence-electron chi connectivity index (χ3n) is 4.58. The van der Waals surface area contributed by atoms with Gasteiger partial charge in [0, 0.05) is 6.54 Å². The molecule has 1 amide bonds. The molecule has 7 nitrogen and oxygen atoms in total. The van der Waals surface area contributed by atoms with Crippen LogP contribution >= 0.6 is 0 Å². The van der Waals surface area contributed by atoms with Crippen molar-refractivity contribution in [2.24, 2.45) is 0 Å². The molecule has 0 radical (unpaired) electrons. The van der Waals surface area contributed by atoms with Gasteiger partial charge in [-0.2, -0.15) is 5.26 Å². The molecule has 1 aliphatic heterocycles. The summed E-state index contributed by atoms with van der Waals surface area (Å²) in [6.45, 7) is 7.50. The average Bonchev–Trinajstić information content (AvgIpc) is 2.67. The van der Waals surface area contributed by atoms with Crippen molar-refractivity contribution in [3.63, 3.8) is 0 Å². The number of nitrogens with zero attached hydrogens (tertiary/aromatic N) is 4. The largest absolute Gasteiger partial charge is 0.351 e. The molecule has 1 atom stereocenters. The van der Waals surface area contributed by atoms with Crippen molar-refractivity contribution in [2.75, 3.05) is 44.7 Å². The van der Waals surface area contributed by atoms with Crippen LogP contribution in [-0.2, 0) is 4.79 Å². The Balaban J connectivity index is 2.06. The van der Waals surface area contributed by atoms with Crippen LogP contribution < -0.4 is 15.1 Å². The lowest BCUT2D eigenvalue weighted by molar-refractivity contribution is -0.880. The highest BCUT2D eigenvalue weighted by molar-refractivity contribution is 5.89. The number of benzene rings is 1. The van der Waals surface area contributed by atoms with Gasteiger partial charge in [-0.05, 0) is 12.1 Å². The van der Waals surface area contributed by atoms with Gasteiger partial charge in [0.1, 0.15) is 5.69 Å². The van der Waals surface area contributed by atoms with Crippen molar-refractivity contribution in [2.45, 2.75) is 5.92 Å². The molecule has 3 rings (SSSR count). The summed E-state index contributed by atoms with van der Waals surface area (Å²) in [6, 6.07) is 9.63. The van der Waals surface area contributed by atoms with Crippen molar-refractivity contribution >= 4 is 22.8 Å². The van der Waals surface area contributed by atoms with Crippen molar-refractivity contribution in [3.05, 3.63) is 42.6 Å². The number of amides is 1. The number of likely N-dealkylation sites (N-methyl/N-ethyl adjacent to an activating group) is 1. The number of fused-ring (bicyclic) bond motifs is 1. The molecule has 1 fully saturated rings. The van der Waals surface area contributed by atoms with Crippen LogP contribution in [0.5, 0.6) is 0 Å². The first-order chi connectivity index (χ1) is 12.6. The number of carbonyl (C=O) groups excluding carboxylic acids is 1. The molecule has 0 spiro atoms. The molecule has 2 heterocycles. The van der Waals surface area contributed by atoms with Gasteiger partial charge in [-0.25, -0.2) is 9.97 Å². The number of carbonyl (C=O) groups is 1. The van der Waals surface area contributed by atoms with Crippen molar-refractivity contribution in [3.8, 4) is 6.07 Å². The molecule has 1 aliphatic rings. The van der Waals surface area contributed by atoms with E-state index < -0.39 is 5.92 Å². The Bertz CT molecular complexity index is 851. The fraction of sp³-hybridized carbons (Fsp3) is 0.368. The fourth-order valence-electron chi connectivity index (χ4n) is 3.05. The molecule has 1 aromatic carbocycles. The number of nitriles is 1. The number of anilines is 1. The van der Waals surface area contributed by atoms with Crippen LogP contribution in [0.3, 0.4) is 0 Å². The van der Waals surface area contributed by atoms with Crippen LogP contribution in [0, 0.1) is 11.3 Å². The maximum absolute atomic E-state index is 12.5. The average molecular weight is 351 g/mol. The summed E-state index contributed by atoms with van der Waals surface area (Å²) in [5.74, 6) is -0.747. The first-order valence-corrected chi connectivity index (χ1v) is 8.75. The first kappa shape index (κ1) is 17.8. The van der Waals surface area contributed by atoms with Gasteiger partial charge >= 0.3 is 0 Å². The maximum atomic E-state index is 12.5. The smallest absolute Gasteiger partial charge is 0.243 e. The summed E-state index contributed by atoms with van der Waals surface area (Å²) >= 11 is 0. The molecule has 1 aromatic heterocycles. The molecular formula is C19H23N6O+. The number of hydrogen-bond donors (Lipinski definition) is 2. The highest BCUT2D eigenvalue weighted by atomic mass is 16.1. The van der Waals surface area contributed by atoms with E-state index in [-0.39, 0.29) is 5.91 Å². The van der Waals surface area contributed by atoms with Crippen LogP contribution in [0.25, 0.3) is 11.0 Å². The zero-order chi connectivity index (χ0) is 18.5. The minimum atomic E-state index is -1.01. The molecule has 1 saturated heterocycles. The van der Waals surface area contributed by atoms with Gasteiger partial charge in [-0.15, -0.1) is 6.58 Å². The van der Waals surface area contributed by atoms with Crippen molar-refractivity contribution in [1.29, 1.82) is 5.26 Å². The minimum Gasteiger partial charge on any atom is -0.351 e. The van der Waals surface area contributed by atoms with E-state index in [1.54, 1.807) is 6.08 Å². The Labute approximate surface area is 152 Å². The molecule has 134 valence electrons. The fourth-order valence-corrected chi connectivity index (χ4v) is 3.05. The molecule has 0 saturated carbocycles. The quantitative estimate of drug-likeness (QED) is 0.733. The summed E-state index contributed by atoms with van der Waals surface area (Å²) in [5.41, 5.74) is 1.87. The Morgan fingerprint density at radius 1 is 1.38 bits per heavy atom. The lowest BCUT2D eigenvalue weighted by Gasteiger charge is -2.32. The molecule has 0 bridgehead atoms. The van der Waals surface area contributed by atoms with Crippen LogP contribution in [0.4, 0.5) is 5.82 Å². The Morgan fingerprint density at radius 2 is 2.04 bits per heavy atom. The predicted molar refractivity (Wildman–Crippen MR) is 99.9 cm³/mol. The van der Waals surface area contributed by atoms with Crippen LogP contribution in [0.2, 0.25) is 0 Å². The standard InChI is InChI=1S/C19H22N6O/c1-3-8-21-19(26)14(13-20)17-18(25-11-9-24(2)10-12-25)23-16-7-5-4-6-15(16)22-17/h3-7,14H,1,8-12H2,2H3,(H,21,26)/p+1/t14-/m0/s1. The normalized spacial score (nSPS) is 16.1. The second-order valence-electron chi connectivity index (χ2n) is 6.46. The SMILES string of the molecule is C=CCNC(=O)[C@@H](C#N)c1nc2ccccc2nc1N1CC[NH+](C)CC1. The highest BCUT2D eigenvalue weighted by Gasteiger charge is 2.30. The second kappa shape index (κ2) is 7.93. The number of quaternary nitrogens is 1. The van der Waals surface area contributed by atoms with E-state index in [2.05, 4.69) is 34.9 Å². The second-order valence-corrected chi connectivity index (χ2v) is 6.46. The third-order valence-corrected chi connectivity index (χ3v) is 4.58. The van der Waals surface area contributed by atoms with Gasteiger partial charge in [-0.3, -0.25) is 4.79 Å². The maximum Gasteiger partial charge on any atom is 0.243 e. The van der Waals surface area contributed by atoms with E-state index >= 15 is 0 Å². The molecule has 26 heavy (non-hydrogen) atoms. The zero-order valence-electron chi connectivity index (χ0n) is 14.9. The van der Waals surface area contributed by atoms with E-state index in [0.717, 1.165) is 31.7 Å². The summed E-state index contributed by atoms with van der Waals surface area (Å²) < 4.78 is 0. The number of hydrogen-bond acceptors (Lipinski definition) is 5. The zero-order valence-corrected chi connectivity index (χ0v) is 14.9. The summed E-state index contributed by atoms with van der Waals surface area (Å²) in [4.78, 5) is 25.5. The van der Waals surface area contributed by atoms with Gasteiger partial charge in [-0.1, -0.05) is 18.2 Å². The highest BCUT2D eigenvalue weighted by Crippen LogP contribution is 2.27. The lowest BCUT2D eigenvalue weighted by Crippen LogP contribution is -3.12. The monoisotopic (exact) mass is 351 g/mol. The van der Waals surface area contributed by atoms with E-state index in [9.17, 15) is 10.1 Å². The number of rotatable bonds is 5. The molecule has 0 unspecified atom stereocenters. The number of aromatic nitrogens is 2. The van der Waals surface area contributed by atoms with Gasteiger partial charge in [0.15, 0.2) is 11.7 Å². The third kappa shape index (κ3) is 3.65. The molecular weight excluding hydrogens is 328 g/mol. The summed E-state index contributed by atoms with van der Waals surface area (Å²) in [7, 11) is 2.16. The number of nitrogens with one attached hydrogen (secondary N) is 2. The number of piperazine rings is 1. The lowest BCUT2D eigenvalue weighted by atomic mass is 10.0. The van der Waals surface area contributed by atoms with E-state index in [1.807, 2.05) is 24.3 Å². The molecule has 2 N–H and O–H groups in total. The Morgan fingerprint density at radius 3 is 2.65 bits per heavy atom. The van der Waals surface area contributed by atoms with Crippen LogP contribution in [0.1, 0.15) is 11.6 Å². The van der Waals surface area contributed by atoms with Gasteiger partial charge in [0.2, 0.25) is 5.91 Å². The molecule has 0 aliphatic carbocycles. The van der Waals surface area contributed by atoms with Crippen LogP contribution in [-0.4, -0.2) is 55.6 Å². The van der Waals surface area contributed by atoms with Crippen molar-refractivity contribution < 1.29 is 9.69 Å². The van der Waals surface area contributed by atoms with Crippen molar-refractivity contribution in [1.82, 2.24) is 15.3 Å². The van der Waals surface area contributed by atoms with Gasteiger partial charge in [0.25, 0.3) is 0 Å². The molecule has 2 aromatic rings. The molecule has 7 heteroatoms.